The third kappa shape index (κ3) is 4.24. The van der Waals surface area contributed by atoms with Gasteiger partial charge in [0.25, 0.3) is 0 Å². The number of hydrogen-bond donors (Lipinski definition) is 1. The second kappa shape index (κ2) is 7.85. The van der Waals surface area contributed by atoms with Gasteiger partial charge in [0.1, 0.15) is 5.60 Å². The Morgan fingerprint density at radius 1 is 1.33 bits per heavy atom. The molecule has 1 saturated carbocycles. The van der Waals surface area contributed by atoms with E-state index in [0.717, 1.165) is 56.4 Å². The predicted octanol–water partition coefficient (Wildman–Crippen LogP) is 3.42. The summed E-state index contributed by atoms with van der Waals surface area (Å²) in [6, 6.07) is 2.00. The lowest BCUT2D eigenvalue weighted by Crippen LogP contribution is -2.36. The zero-order valence-electron chi connectivity index (χ0n) is 13.7. The van der Waals surface area contributed by atoms with E-state index in [9.17, 15) is 0 Å². The van der Waals surface area contributed by atoms with Gasteiger partial charge in [-0.3, -0.25) is 0 Å². The topological polar surface area (TPSA) is 47.0 Å². The van der Waals surface area contributed by atoms with Crippen molar-refractivity contribution < 1.29 is 4.74 Å². The summed E-state index contributed by atoms with van der Waals surface area (Å²) < 4.78 is 6.14. The fourth-order valence-electron chi connectivity index (χ4n) is 3.04. The molecule has 4 nitrogen and oxygen atoms in total. The summed E-state index contributed by atoms with van der Waals surface area (Å²) in [4.78, 5) is 9.33. The van der Waals surface area contributed by atoms with Crippen molar-refractivity contribution in [2.45, 2.75) is 65.0 Å². The van der Waals surface area contributed by atoms with Gasteiger partial charge in [0.15, 0.2) is 5.82 Å². The maximum Gasteiger partial charge on any atom is 0.160 e. The number of hydrogen-bond acceptors (Lipinski definition) is 4. The van der Waals surface area contributed by atoms with Crippen molar-refractivity contribution in [1.29, 1.82) is 0 Å². The van der Waals surface area contributed by atoms with Crippen LogP contribution in [0.5, 0.6) is 0 Å². The number of nitrogens with zero attached hydrogens (tertiary/aromatic N) is 2. The molecule has 0 aliphatic heterocycles. The number of aromatic nitrogens is 2. The predicted molar refractivity (Wildman–Crippen MR) is 85.0 cm³/mol. The minimum Gasteiger partial charge on any atom is -0.367 e. The molecular weight excluding hydrogens is 262 g/mol. The molecule has 0 aromatic carbocycles. The van der Waals surface area contributed by atoms with Crippen LogP contribution in [0.1, 0.15) is 64.4 Å². The summed E-state index contributed by atoms with van der Waals surface area (Å²) >= 11 is 0. The quantitative estimate of drug-likeness (QED) is 0.782. The maximum atomic E-state index is 6.14. The molecule has 1 fully saturated rings. The van der Waals surface area contributed by atoms with Crippen molar-refractivity contribution in [2.75, 3.05) is 13.2 Å². The van der Waals surface area contributed by atoms with E-state index < -0.39 is 0 Å². The van der Waals surface area contributed by atoms with Crippen LogP contribution >= 0.6 is 0 Å². The molecule has 1 heterocycles. The zero-order valence-corrected chi connectivity index (χ0v) is 13.7. The molecule has 0 atom stereocenters. The van der Waals surface area contributed by atoms with Crippen LogP contribution < -0.4 is 5.32 Å². The maximum absolute atomic E-state index is 6.14. The first kappa shape index (κ1) is 16.4. The highest BCUT2D eigenvalue weighted by Crippen LogP contribution is 2.40. The fraction of sp³-hybridized carbons (Fsp3) is 0.765. The Morgan fingerprint density at radius 3 is 2.76 bits per heavy atom. The molecule has 1 N–H and O–H groups in total. The van der Waals surface area contributed by atoms with E-state index in [0.29, 0.717) is 0 Å². The molecule has 21 heavy (non-hydrogen) atoms. The third-order valence-corrected chi connectivity index (χ3v) is 4.36. The molecule has 118 valence electrons. The average molecular weight is 291 g/mol. The Morgan fingerprint density at radius 2 is 2.10 bits per heavy atom. The number of rotatable bonds is 7. The lowest BCUT2D eigenvalue weighted by atomic mass is 9.79. The van der Waals surface area contributed by atoms with Crippen LogP contribution in [0.3, 0.4) is 0 Å². The van der Waals surface area contributed by atoms with Crippen molar-refractivity contribution >= 4 is 0 Å². The van der Waals surface area contributed by atoms with Gasteiger partial charge in [0.05, 0.1) is 5.69 Å². The Kier molecular flexibility index (Phi) is 6.12. The third-order valence-electron chi connectivity index (χ3n) is 4.36. The summed E-state index contributed by atoms with van der Waals surface area (Å²) in [6.07, 6.45) is 7.48. The fourth-order valence-corrected chi connectivity index (χ4v) is 3.04. The van der Waals surface area contributed by atoms with Crippen molar-refractivity contribution in [3.05, 3.63) is 23.8 Å². The SMILES string of the molecule is CCCNCc1ccnc(C2(OCC)CCC(C)CC2)n1. The molecule has 0 amide bonds. The van der Waals surface area contributed by atoms with Gasteiger partial charge in [-0.05, 0) is 57.6 Å². The van der Waals surface area contributed by atoms with Gasteiger partial charge in [0, 0.05) is 19.3 Å². The van der Waals surface area contributed by atoms with Crippen LogP contribution in [0.2, 0.25) is 0 Å². The van der Waals surface area contributed by atoms with Gasteiger partial charge in [0.2, 0.25) is 0 Å². The standard InChI is InChI=1S/C17H29N3O/c1-4-11-18-13-15-8-12-19-16(20-15)17(21-5-2)9-6-14(3)7-10-17/h8,12,14,18H,4-7,9-11,13H2,1-3H3. The smallest absolute Gasteiger partial charge is 0.160 e. The lowest BCUT2D eigenvalue weighted by Gasteiger charge is -2.37. The van der Waals surface area contributed by atoms with E-state index >= 15 is 0 Å². The number of nitrogens with one attached hydrogen (secondary N) is 1. The van der Waals surface area contributed by atoms with Gasteiger partial charge in [-0.25, -0.2) is 9.97 Å². The summed E-state index contributed by atoms with van der Waals surface area (Å²) in [5, 5.41) is 3.40. The van der Waals surface area contributed by atoms with Crippen LogP contribution in [0.4, 0.5) is 0 Å². The van der Waals surface area contributed by atoms with Crippen LogP contribution in [-0.4, -0.2) is 23.1 Å². The van der Waals surface area contributed by atoms with Gasteiger partial charge in [-0.1, -0.05) is 13.8 Å². The van der Waals surface area contributed by atoms with Crippen LogP contribution in [-0.2, 0) is 16.9 Å². The zero-order chi connectivity index (χ0) is 15.1. The molecule has 1 aliphatic carbocycles. The van der Waals surface area contributed by atoms with Crippen LogP contribution in [0.25, 0.3) is 0 Å². The second-order valence-electron chi connectivity index (χ2n) is 6.16. The highest BCUT2D eigenvalue weighted by atomic mass is 16.5. The summed E-state index contributed by atoms with van der Waals surface area (Å²) in [7, 11) is 0. The monoisotopic (exact) mass is 291 g/mol. The Bertz CT molecular complexity index is 428. The Labute approximate surface area is 128 Å². The summed E-state index contributed by atoms with van der Waals surface area (Å²) in [5.41, 5.74) is 0.799. The van der Waals surface area contributed by atoms with Crippen molar-refractivity contribution in [3.8, 4) is 0 Å². The second-order valence-corrected chi connectivity index (χ2v) is 6.16. The van der Waals surface area contributed by atoms with E-state index in [1.807, 2.05) is 12.3 Å². The van der Waals surface area contributed by atoms with E-state index in [4.69, 9.17) is 9.72 Å². The minimum atomic E-state index is -0.262. The summed E-state index contributed by atoms with van der Waals surface area (Å²) in [6.45, 7) is 9.10. The first-order valence-electron chi connectivity index (χ1n) is 8.37. The number of ether oxygens (including phenoxy) is 1. The first-order chi connectivity index (χ1) is 10.2. The van der Waals surface area contributed by atoms with Gasteiger partial charge in [-0.2, -0.15) is 0 Å². The highest BCUT2D eigenvalue weighted by molar-refractivity contribution is 5.10. The van der Waals surface area contributed by atoms with Gasteiger partial charge in [-0.15, -0.1) is 0 Å². The van der Waals surface area contributed by atoms with E-state index in [1.165, 1.54) is 12.8 Å². The molecule has 1 aromatic rings. The molecule has 1 aromatic heterocycles. The van der Waals surface area contributed by atoms with Crippen LogP contribution in [0.15, 0.2) is 12.3 Å². The van der Waals surface area contributed by atoms with Gasteiger partial charge >= 0.3 is 0 Å². The molecule has 1 aliphatic rings. The molecule has 0 bridgehead atoms. The Hall–Kier alpha value is -1.00. The van der Waals surface area contributed by atoms with E-state index in [1.54, 1.807) is 0 Å². The van der Waals surface area contributed by atoms with E-state index in [-0.39, 0.29) is 5.60 Å². The minimum absolute atomic E-state index is 0.262. The molecule has 0 unspecified atom stereocenters. The lowest BCUT2D eigenvalue weighted by molar-refractivity contribution is -0.0838. The molecule has 4 heteroatoms. The molecular formula is C17H29N3O. The first-order valence-corrected chi connectivity index (χ1v) is 8.37. The average Bonchev–Trinajstić information content (AvgIpc) is 2.51. The molecule has 0 radical (unpaired) electrons. The largest absolute Gasteiger partial charge is 0.367 e. The van der Waals surface area contributed by atoms with Crippen molar-refractivity contribution in [1.82, 2.24) is 15.3 Å². The van der Waals surface area contributed by atoms with Crippen LogP contribution in [0, 0.1) is 5.92 Å². The van der Waals surface area contributed by atoms with Crippen molar-refractivity contribution in [3.63, 3.8) is 0 Å². The highest BCUT2D eigenvalue weighted by Gasteiger charge is 2.39. The molecule has 2 rings (SSSR count). The Balaban J connectivity index is 2.14. The molecule has 0 saturated heterocycles. The molecule has 0 spiro atoms. The van der Waals surface area contributed by atoms with E-state index in [2.05, 4.69) is 31.1 Å². The normalized spacial score (nSPS) is 26.0. The van der Waals surface area contributed by atoms with Crippen molar-refractivity contribution in [2.24, 2.45) is 5.92 Å². The van der Waals surface area contributed by atoms with Gasteiger partial charge < -0.3 is 10.1 Å². The summed E-state index contributed by atoms with van der Waals surface area (Å²) in [5.74, 6) is 1.67.